The van der Waals surface area contributed by atoms with Gasteiger partial charge >= 0.3 is 0 Å². The van der Waals surface area contributed by atoms with E-state index in [-0.39, 0.29) is 0 Å². The van der Waals surface area contributed by atoms with Crippen LogP contribution in [0.5, 0.6) is 5.75 Å². The Morgan fingerprint density at radius 3 is 3.12 bits per heavy atom. The van der Waals surface area contributed by atoms with E-state index in [1.165, 1.54) is 5.56 Å². The molecule has 2 rings (SSSR count). The molecule has 0 saturated carbocycles. The molecule has 0 unspecified atom stereocenters. The third-order valence-corrected chi connectivity index (χ3v) is 2.86. The van der Waals surface area contributed by atoms with Crippen LogP contribution in [0, 0.1) is 5.92 Å². The fourth-order valence-electron chi connectivity index (χ4n) is 1.97. The number of hydrogen-bond donors (Lipinski definition) is 2. The van der Waals surface area contributed by atoms with Crippen LogP contribution in [0.25, 0.3) is 0 Å². The molecular formula is C14H22N2O. The quantitative estimate of drug-likeness (QED) is 0.767. The maximum Gasteiger partial charge on any atom is 0.142 e. The van der Waals surface area contributed by atoms with Crippen molar-refractivity contribution in [3.8, 4) is 5.75 Å². The van der Waals surface area contributed by atoms with Gasteiger partial charge in [0.2, 0.25) is 0 Å². The first-order chi connectivity index (χ1) is 8.25. The first-order valence-corrected chi connectivity index (χ1v) is 6.46. The number of rotatable bonds is 5. The van der Waals surface area contributed by atoms with Gasteiger partial charge in [0.15, 0.2) is 0 Å². The number of anilines is 1. The standard InChI is InChI=1S/C14H22N2O/c1-11(2)10-15-6-5-12-3-4-14-13(9-12)16-7-8-17-14/h3-4,9,11,15-16H,5-8,10H2,1-2H3. The van der Waals surface area contributed by atoms with Crippen molar-refractivity contribution >= 4 is 5.69 Å². The summed E-state index contributed by atoms with van der Waals surface area (Å²) < 4.78 is 5.56. The normalized spacial score (nSPS) is 14.1. The Morgan fingerprint density at radius 1 is 1.41 bits per heavy atom. The molecule has 3 heteroatoms. The molecular weight excluding hydrogens is 212 g/mol. The topological polar surface area (TPSA) is 33.3 Å². The number of fused-ring (bicyclic) bond motifs is 1. The number of ether oxygens (including phenoxy) is 1. The molecule has 17 heavy (non-hydrogen) atoms. The second kappa shape index (κ2) is 5.92. The predicted molar refractivity (Wildman–Crippen MR) is 71.8 cm³/mol. The minimum Gasteiger partial charge on any atom is -0.490 e. The highest BCUT2D eigenvalue weighted by Crippen LogP contribution is 2.27. The van der Waals surface area contributed by atoms with Crippen molar-refractivity contribution in [3.63, 3.8) is 0 Å². The van der Waals surface area contributed by atoms with Gasteiger partial charge in [-0.3, -0.25) is 0 Å². The van der Waals surface area contributed by atoms with Crippen LogP contribution in [0.4, 0.5) is 5.69 Å². The molecule has 0 atom stereocenters. The van der Waals surface area contributed by atoms with Gasteiger partial charge in [-0.2, -0.15) is 0 Å². The molecule has 1 aromatic rings. The van der Waals surface area contributed by atoms with Crippen molar-refractivity contribution < 1.29 is 4.74 Å². The summed E-state index contributed by atoms with van der Waals surface area (Å²) in [5, 5.41) is 6.83. The fraction of sp³-hybridized carbons (Fsp3) is 0.571. The van der Waals surface area contributed by atoms with E-state index >= 15 is 0 Å². The van der Waals surface area contributed by atoms with Crippen LogP contribution in [0.3, 0.4) is 0 Å². The van der Waals surface area contributed by atoms with Crippen molar-refractivity contribution in [1.82, 2.24) is 5.32 Å². The van der Waals surface area contributed by atoms with E-state index in [9.17, 15) is 0 Å². The summed E-state index contributed by atoms with van der Waals surface area (Å²) in [5.74, 6) is 1.70. The summed E-state index contributed by atoms with van der Waals surface area (Å²) in [5.41, 5.74) is 2.50. The third-order valence-electron chi connectivity index (χ3n) is 2.86. The monoisotopic (exact) mass is 234 g/mol. The molecule has 1 aliphatic rings. The molecule has 1 heterocycles. The van der Waals surface area contributed by atoms with Crippen molar-refractivity contribution in [1.29, 1.82) is 0 Å². The molecule has 0 spiro atoms. The van der Waals surface area contributed by atoms with Crippen LogP contribution in [-0.2, 0) is 6.42 Å². The average molecular weight is 234 g/mol. The zero-order chi connectivity index (χ0) is 12.1. The summed E-state index contributed by atoms with van der Waals surface area (Å²) in [7, 11) is 0. The van der Waals surface area contributed by atoms with Gasteiger partial charge in [-0.25, -0.2) is 0 Å². The van der Waals surface area contributed by atoms with Crippen LogP contribution in [0.15, 0.2) is 18.2 Å². The molecule has 0 saturated heterocycles. The van der Waals surface area contributed by atoms with E-state index in [0.29, 0.717) is 5.92 Å². The molecule has 1 aromatic carbocycles. The summed E-state index contributed by atoms with van der Waals surface area (Å²) in [6.45, 7) is 8.26. The zero-order valence-corrected chi connectivity index (χ0v) is 10.8. The second-order valence-electron chi connectivity index (χ2n) is 4.95. The van der Waals surface area contributed by atoms with Crippen molar-refractivity contribution in [2.24, 2.45) is 5.92 Å². The Morgan fingerprint density at radius 2 is 2.29 bits per heavy atom. The average Bonchev–Trinajstić information content (AvgIpc) is 2.34. The minimum absolute atomic E-state index is 0.716. The largest absolute Gasteiger partial charge is 0.490 e. The van der Waals surface area contributed by atoms with Gasteiger partial charge in [-0.1, -0.05) is 19.9 Å². The molecule has 0 bridgehead atoms. The van der Waals surface area contributed by atoms with E-state index in [2.05, 4.69) is 42.7 Å². The van der Waals surface area contributed by atoms with Gasteiger partial charge in [0.25, 0.3) is 0 Å². The van der Waals surface area contributed by atoms with Crippen LogP contribution < -0.4 is 15.4 Å². The van der Waals surface area contributed by atoms with Gasteiger partial charge in [0, 0.05) is 6.54 Å². The second-order valence-corrected chi connectivity index (χ2v) is 4.95. The number of nitrogens with one attached hydrogen (secondary N) is 2. The Labute approximate surface area is 104 Å². The van der Waals surface area contributed by atoms with Gasteiger partial charge in [0.05, 0.1) is 5.69 Å². The SMILES string of the molecule is CC(C)CNCCc1ccc2c(c1)NCCO2. The molecule has 0 aromatic heterocycles. The smallest absolute Gasteiger partial charge is 0.142 e. The zero-order valence-electron chi connectivity index (χ0n) is 10.8. The third kappa shape index (κ3) is 3.63. The van der Waals surface area contributed by atoms with E-state index in [0.717, 1.165) is 44.1 Å². The molecule has 0 fully saturated rings. The van der Waals surface area contributed by atoms with Crippen molar-refractivity contribution in [2.75, 3.05) is 31.6 Å². The lowest BCUT2D eigenvalue weighted by atomic mass is 10.1. The molecule has 1 aliphatic heterocycles. The lowest BCUT2D eigenvalue weighted by Gasteiger charge is -2.19. The maximum absolute atomic E-state index is 5.56. The van der Waals surface area contributed by atoms with Crippen LogP contribution >= 0.6 is 0 Å². The molecule has 3 nitrogen and oxygen atoms in total. The molecule has 0 aliphatic carbocycles. The summed E-state index contributed by atoms with van der Waals surface area (Å²) >= 11 is 0. The predicted octanol–water partition coefficient (Wildman–Crippen LogP) is 2.28. The summed E-state index contributed by atoms with van der Waals surface area (Å²) in [6, 6.07) is 6.42. The first kappa shape index (κ1) is 12.2. The van der Waals surface area contributed by atoms with E-state index < -0.39 is 0 Å². The lowest BCUT2D eigenvalue weighted by molar-refractivity contribution is 0.323. The maximum atomic E-state index is 5.56. The highest BCUT2D eigenvalue weighted by Gasteiger charge is 2.09. The Kier molecular flexibility index (Phi) is 4.26. The first-order valence-electron chi connectivity index (χ1n) is 6.46. The van der Waals surface area contributed by atoms with Gasteiger partial charge in [-0.15, -0.1) is 0 Å². The van der Waals surface area contributed by atoms with Crippen molar-refractivity contribution in [3.05, 3.63) is 23.8 Å². The highest BCUT2D eigenvalue weighted by molar-refractivity contribution is 5.59. The van der Waals surface area contributed by atoms with E-state index in [1.54, 1.807) is 0 Å². The Balaban J connectivity index is 1.85. The molecule has 0 amide bonds. The van der Waals surface area contributed by atoms with Gasteiger partial charge < -0.3 is 15.4 Å². The van der Waals surface area contributed by atoms with E-state index in [1.807, 2.05) is 0 Å². The summed E-state index contributed by atoms with van der Waals surface area (Å²) in [4.78, 5) is 0. The lowest BCUT2D eigenvalue weighted by Crippen LogP contribution is -2.22. The van der Waals surface area contributed by atoms with Crippen LogP contribution in [0.1, 0.15) is 19.4 Å². The van der Waals surface area contributed by atoms with Crippen LogP contribution in [-0.4, -0.2) is 26.2 Å². The Bertz CT molecular complexity index is 363. The van der Waals surface area contributed by atoms with Gasteiger partial charge in [0.1, 0.15) is 12.4 Å². The minimum atomic E-state index is 0.716. The molecule has 2 N–H and O–H groups in total. The fourth-order valence-corrected chi connectivity index (χ4v) is 1.97. The molecule has 94 valence electrons. The number of hydrogen-bond acceptors (Lipinski definition) is 3. The van der Waals surface area contributed by atoms with Crippen molar-refractivity contribution in [2.45, 2.75) is 20.3 Å². The number of benzene rings is 1. The molecule has 0 radical (unpaired) electrons. The Hall–Kier alpha value is -1.22. The van der Waals surface area contributed by atoms with Gasteiger partial charge in [-0.05, 0) is 43.1 Å². The van der Waals surface area contributed by atoms with Crippen LogP contribution in [0.2, 0.25) is 0 Å². The summed E-state index contributed by atoms with van der Waals surface area (Å²) in [6.07, 6.45) is 1.07. The van der Waals surface area contributed by atoms with E-state index in [4.69, 9.17) is 4.74 Å². The highest BCUT2D eigenvalue weighted by atomic mass is 16.5.